The van der Waals surface area contributed by atoms with E-state index in [0.29, 0.717) is 47.3 Å². The molecule has 0 fully saturated rings. The number of nitriles is 2. The van der Waals surface area contributed by atoms with Crippen molar-refractivity contribution in [3.8, 4) is 35.1 Å². The Kier molecular flexibility index (Phi) is 11.2. The van der Waals surface area contributed by atoms with Crippen LogP contribution >= 0.6 is 0 Å². The van der Waals surface area contributed by atoms with Crippen LogP contribution in [-0.4, -0.2) is 27.4 Å². The summed E-state index contributed by atoms with van der Waals surface area (Å²) in [5, 5.41) is 17.5. The third kappa shape index (κ3) is 8.02. The van der Waals surface area contributed by atoms with Crippen LogP contribution in [-0.2, 0) is 0 Å². The molecule has 29 heavy (non-hydrogen) atoms. The summed E-state index contributed by atoms with van der Waals surface area (Å²) < 4.78 is 21.2. The van der Waals surface area contributed by atoms with Crippen molar-refractivity contribution < 1.29 is 18.9 Å². The third-order valence-corrected chi connectivity index (χ3v) is 3.80. The number of unbranched alkanes of at least 4 members (excludes halogenated alkanes) is 1. The molecule has 0 atom stereocenters. The lowest BCUT2D eigenvalue weighted by Gasteiger charge is -2.10. The van der Waals surface area contributed by atoms with E-state index in [1.165, 1.54) is 0 Å². The van der Waals surface area contributed by atoms with Gasteiger partial charge < -0.3 is 18.9 Å². The van der Waals surface area contributed by atoms with Crippen molar-refractivity contribution in [1.82, 2.24) is 0 Å². The van der Waals surface area contributed by atoms with Crippen molar-refractivity contribution >= 4 is 0 Å². The van der Waals surface area contributed by atoms with Crippen molar-refractivity contribution in [2.75, 3.05) is 27.4 Å². The summed E-state index contributed by atoms with van der Waals surface area (Å²) in [6.45, 7) is 5.42. The molecule has 2 aromatic rings. The summed E-state index contributed by atoms with van der Waals surface area (Å²) in [4.78, 5) is 0. The number of nitrogens with zero attached hydrogens (tertiary/aromatic N) is 2. The molecule has 0 aliphatic carbocycles. The fourth-order valence-corrected chi connectivity index (χ4v) is 2.26. The molecule has 0 saturated carbocycles. The fourth-order valence-electron chi connectivity index (χ4n) is 2.26. The monoisotopic (exact) mass is 396 g/mol. The molecule has 6 nitrogen and oxygen atoms in total. The highest BCUT2D eigenvalue weighted by Gasteiger charge is 2.05. The van der Waals surface area contributed by atoms with Gasteiger partial charge in [0.25, 0.3) is 0 Å². The number of hydrogen-bond donors (Lipinski definition) is 0. The summed E-state index contributed by atoms with van der Waals surface area (Å²) in [5.41, 5.74) is 1.17. The van der Waals surface area contributed by atoms with E-state index in [4.69, 9.17) is 29.5 Å². The van der Waals surface area contributed by atoms with Crippen LogP contribution in [0.2, 0.25) is 0 Å². The van der Waals surface area contributed by atoms with Gasteiger partial charge in [-0.1, -0.05) is 20.3 Å². The van der Waals surface area contributed by atoms with E-state index in [2.05, 4.69) is 19.1 Å². The first-order valence-electron chi connectivity index (χ1n) is 9.55. The van der Waals surface area contributed by atoms with E-state index in [1.807, 2.05) is 6.92 Å². The maximum atomic E-state index is 8.75. The molecule has 0 aliphatic rings. The van der Waals surface area contributed by atoms with E-state index in [1.54, 1.807) is 50.6 Å². The number of benzene rings is 2. The predicted octanol–water partition coefficient (Wildman–Crippen LogP) is 5.10. The standard InChI is InChI=1S/C12H15NO2.C11H13NO2/c1-3-4-7-15-12-8-10(9-13)5-6-11(12)14-2;1-3-6-14-11-7-9(8-12)4-5-10(11)13-2/h5-6,8H,3-4,7H2,1-2H3;4-5,7H,3,6H2,1-2H3. The normalized spacial score (nSPS) is 9.31. The van der Waals surface area contributed by atoms with Gasteiger partial charge in [-0.2, -0.15) is 10.5 Å². The summed E-state index contributed by atoms with van der Waals surface area (Å²) in [5.74, 6) is 2.61. The van der Waals surface area contributed by atoms with E-state index >= 15 is 0 Å². The molecule has 0 heterocycles. The van der Waals surface area contributed by atoms with Gasteiger partial charge in [0.1, 0.15) is 0 Å². The Morgan fingerprint density at radius 1 is 0.690 bits per heavy atom. The van der Waals surface area contributed by atoms with Crippen LogP contribution in [0.1, 0.15) is 44.2 Å². The lowest BCUT2D eigenvalue weighted by Crippen LogP contribution is -1.99. The Hall–Kier alpha value is -3.38. The Balaban J connectivity index is 0.000000291. The predicted molar refractivity (Wildman–Crippen MR) is 112 cm³/mol. The van der Waals surface area contributed by atoms with Gasteiger partial charge in [-0.15, -0.1) is 0 Å². The molecule has 0 amide bonds. The first kappa shape index (κ1) is 23.7. The van der Waals surface area contributed by atoms with Gasteiger partial charge in [0.2, 0.25) is 0 Å². The highest BCUT2D eigenvalue weighted by atomic mass is 16.5. The molecule has 2 aromatic carbocycles. The number of ether oxygens (including phenoxy) is 4. The molecule has 6 heteroatoms. The molecule has 0 bridgehead atoms. The van der Waals surface area contributed by atoms with E-state index in [-0.39, 0.29) is 0 Å². The smallest absolute Gasteiger partial charge is 0.162 e. The minimum absolute atomic E-state index is 0.580. The fraction of sp³-hybridized carbons (Fsp3) is 0.391. The van der Waals surface area contributed by atoms with E-state index < -0.39 is 0 Å². The molecule has 0 radical (unpaired) electrons. The molecule has 0 spiro atoms. The van der Waals surface area contributed by atoms with Crippen molar-refractivity contribution in [3.05, 3.63) is 47.5 Å². The van der Waals surface area contributed by atoms with E-state index in [9.17, 15) is 0 Å². The van der Waals surface area contributed by atoms with Crippen molar-refractivity contribution in [1.29, 1.82) is 10.5 Å². The summed E-state index contributed by atoms with van der Waals surface area (Å²) >= 11 is 0. The van der Waals surface area contributed by atoms with Gasteiger partial charge >= 0.3 is 0 Å². The average Bonchev–Trinajstić information content (AvgIpc) is 2.77. The van der Waals surface area contributed by atoms with Gasteiger partial charge in [0, 0.05) is 12.1 Å². The molecule has 0 N–H and O–H groups in total. The minimum Gasteiger partial charge on any atom is -0.493 e. The van der Waals surface area contributed by atoms with Crippen molar-refractivity contribution in [2.24, 2.45) is 0 Å². The number of hydrogen-bond acceptors (Lipinski definition) is 6. The molecular formula is C23H28N2O4. The molecule has 0 aromatic heterocycles. The second-order valence-corrected chi connectivity index (χ2v) is 6.01. The van der Waals surface area contributed by atoms with Gasteiger partial charge in [0.05, 0.1) is 50.7 Å². The Morgan fingerprint density at radius 2 is 1.17 bits per heavy atom. The highest BCUT2D eigenvalue weighted by Crippen LogP contribution is 2.28. The molecular weight excluding hydrogens is 368 g/mol. The van der Waals surface area contributed by atoms with Crippen LogP contribution in [0, 0.1) is 22.7 Å². The number of rotatable bonds is 9. The average molecular weight is 396 g/mol. The molecule has 2 rings (SSSR count). The summed E-state index contributed by atoms with van der Waals surface area (Å²) in [7, 11) is 3.17. The first-order valence-corrected chi connectivity index (χ1v) is 9.55. The Labute approximate surface area is 173 Å². The first-order chi connectivity index (χ1) is 14.1. The highest BCUT2D eigenvalue weighted by molar-refractivity contribution is 5.47. The molecule has 0 unspecified atom stereocenters. The molecule has 154 valence electrons. The second kappa shape index (κ2) is 13.7. The zero-order valence-electron chi connectivity index (χ0n) is 17.5. The van der Waals surface area contributed by atoms with E-state index in [0.717, 1.165) is 19.3 Å². The van der Waals surface area contributed by atoms with Gasteiger partial charge in [-0.05, 0) is 37.1 Å². The van der Waals surface area contributed by atoms with Crippen LogP contribution in [0.5, 0.6) is 23.0 Å². The van der Waals surface area contributed by atoms with Gasteiger partial charge in [-0.25, -0.2) is 0 Å². The zero-order valence-corrected chi connectivity index (χ0v) is 17.5. The minimum atomic E-state index is 0.580. The van der Waals surface area contributed by atoms with Crippen molar-refractivity contribution in [3.63, 3.8) is 0 Å². The van der Waals surface area contributed by atoms with Crippen LogP contribution in [0.25, 0.3) is 0 Å². The van der Waals surface area contributed by atoms with Crippen LogP contribution in [0.3, 0.4) is 0 Å². The zero-order chi connectivity index (χ0) is 21.5. The SMILES string of the molecule is CCCCOc1cc(C#N)ccc1OC.CCCOc1cc(C#N)ccc1OC. The Morgan fingerprint density at radius 3 is 1.55 bits per heavy atom. The lowest BCUT2D eigenvalue weighted by atomic mass is 10.2. The number of methoxy groups -OCH3 is 2. The maximum Gasteiger partial charge on any atom is 0.162 e. The van der Waals surface area contributed by atoms with Crippen LogP contribution in [0.15, 0.2) is 36.4 Å². The summed E-state index contributed by atoms with van der Waals surface area (Å²) in [6, 6.07) is 14.4. The van der Waals surface area contributed by atoms with Crippen LogP contribution < -0.4 is 18.9 Å². The molecule has 0 aliphatic heterocycles. The van der Waals surface area contributed by atoms with Crippen LogP contribution in [0.4, 0.5) is 0 Å². The Bertz CT molecular complexity index is 838. The maximum absolute atomic E-state index is 8.75. The molecule has 0 saturated heterocycles. The summed E-state index contributed by atoms with van der Waals surface area (Å²) in [6.07, 6.45) is 3.01. The van der Waals surface area contributed by atoms with Crippen molar-refractivity contribution in [2.45, 2.75) is 33.1 Å². The topological polar surface area (TPSA) is 84.5 Å². The largest absolute Gasteiger partial charge is 0.493 e. The van der Waals surface area contributed by atoms with Gasteiger partial charge in [0.15, 0.2) is 23.0 Å². The quantitative estimate of drug-likeness (QED) is 0.548. The van der Waals surface area contributed by atoms with Gasteiger partial charge in [-0.3, -0.25) is 0 Å². The third-order valence-electron chi connectivity index (χ3n) is 3.80. The second-order valence-electron chi connectivity index (χ2n) is 6.01. The lowest BCUT2D eigenvalue weighted by molar-refractivity contribution is 0.288.